The van der Waals surface area contributed by atoms with Crippen LogP contribution in [-0.2, 0) is 0 Å². The van der Waals surface area contributed by atoms with E-state index in [-0.39, 0.29) is 5.54 Å². The Bertz CT molecular complexity index is 129. The van der Waals surface area contributed by atoms with E-state index in [1.54, 1.807) is 0 Å². The van der Waals surface area contributed by atoms with Gasteiger partial charge in [0.1, 0.15) is 0 Å². The monoisotopic (exact) mass is 155 g/mol. The molecule has 0 aliphatic heterocycles. The summed E-state index contributed by atoms with van der Waals surface area (Å²) >= 11 is 0. The lowest BCUT2D eigenvalue weighted by Gasteiger charge is -2.40. The van der Waals surface area contributed by atoms with E-state index in [0.717, 1.165) is 5.92 Å². The van der Waals surface area contributed by atoms with Crippen molar-refractivity contribution in [3.8, 4) is 0 Å². The molecule has 1 aliphatic carbocycles. The predicted octanol–water partition coefficient (Wildman–Crippen LogP) is 2.55. The predicted molar refractivity (Wildman–Crippen MR) is 49.4 cm³/mol. The minimum Gasteiger partial charge on any atom is -0.325 e. The first-order valence-electron chi connectivity index (χ1n) is 4.85. The zero-order chi connectivity index (χ0) is 8.48. The molecule has 0 radical (unpaired) electrons. The summed E-state index contributed by atoms with van der Waals surface area (Å²) in [6.45, 7) is 6.77. The second-order valence-electron chi connectivity index (χ2n) is 4.46. The van der Waals surface area contributed by atoms with Gasteiger partial charge in [-0.2, -0.15) is 0 Å². The van der Waals surface area contributed by atoms with Crippen LogP contribution in [0.4, 0.5) is 0 Å². The first-order valence-corrected chi connectivity index (χ1v) is 4.85. The van der Waals surface area contributed by atoms with E-state index >= 15 is 0 Å². The van der Waals surface area contributed by atoms with Gasteiger partial charge in [0.15, 0.2) is 0 Å². The van der Waals surface area contributed by atoms with Crippen molar-refractivity contribution >= 4 is 0 Å². The highest BCUT2D eigenvalue weighted by Crippen LogP contribution is 2.36. The van der Waals surface area contributed by atoms with E-state index in [4.69, 9.17) is 5.73 Å². The average molecular weight is 155 g/mol. The van der Waals surface area contributed by atoms with Crippen molar-refractivity contribution in [2.45, 2.75) is 52.0 Å². The zero-order valence-electron chi connectivity index (χ0n) is 8.06. The maximum Gasteiger partial charge on any atom is 0.0154 e. The average Bonchev–Trinajstić information content (AvgIpc) is 1.95. The minimum atomic E-state index is 0.110. The molecule has 0 spiro atoms. The van der Waals surface area contributed by atoms with Crippen LogP contribution in [0.25, 0.3) is 0 Å². The van der Waals surface area contributed by atoms with Crippen LogP contribution < -0.4 is 5.73 Å². The smallest absolute Gasteiger partial charge is 0.0154 e. The quantitative estimate of drug-likeness (QED) is 0.618. The molecule has 0 amide bonds. The standard InChI is InChI=1S/C10H21N/c1-4-9-6-5-8(2)10(3,11)7-9/h8-9H,4-7,11H2,1-3H3/t8?,9-,10?/m0/s1. The number of hydrogen-bond donors (Lipinski definition) is 1. The van der Waals surface area contributed by atoms with Crippen molar-refractivity contribution in [2.24, 2.45) is 17.6 Å². The van der Waals surface area contributed by atoms with Crippen LogP contribution in [0.15, 0.2) is 0 Å². The molecular formula is C10H21N. The van der Waals surface area contributed by atoms with Crippen molar-refractivity contribution < 1.29 is 0 Å². The largest absolute Gasteiger partial charge is 0.325 e. The SMILES string of the molecule is CC[C@H]1CCC(C)C(C)(N)C1. The van der Waals surface area contributed by atoms with Gasteiger partial charge in [-0.15, -0.1) is 0 Å². The van der Waals surface area contributed by atoms with Crippen LogP contribution in [0.3, 0.4) is 0 Å². The molecule has 1 nitrogen and oxygen atoms in total. The number of rotatable bonds is 1. The van der Waals surface area contributed by atoms with Crippen LogP contribution in [0, 0.1) is 11.8 Å². The maximum atomic E-state index is 6.19. The molecule has 0 aromatic carbocycles. The van der Waals surface area contributed by atoms with E-state index < -0.39 is 0 Å². The molecule has 2 unspecified atom stereocenters. The molecule has 66 valence electrons. The Morgan fingerprint density at radius 3 is 2.55 bits per heavy atom. The third kappa shape index (κ3) is 1.96. The van der Waals surface area contributed by atoms with Crippen molar-refractivity contribution in [2.75, 3.05) is 0 Å². The summed E-state index contributed by atoms with van der Waals surface area (Å²) in [5.41, 5.74) is 6.30. The van der Waals surface area contributed by atoms with Crippen LogP contribution >= 0.6 is 0 Å². The number of hydrogen-bond acceptors (Lipinski definition) is 1. The molecule has 1 saturated carbocycles. The lowest BCUT2D eigenvalue weighted by molar-refractivity contribution is 0.167. The molecule has 1 heteroatoms. The fourth-order valence-electron chi connectivity index (χ4n) is 2.09. The maximum absolute atomic E-state index is 6.19. The van der Waals surface area contributed by atoms with E-state index in [9.17, 15) is 0 Å². The summed E-state index contributed by atoms with van der Waals surface area (Å²) in [6.07, 6.45) is 5.25. The van der Waals surface area contributed by atoms with Crippen LogP contribution in [0.5, 0.6) is 0 Å². The minimum absolute atomic E-state index is 0.110. The molecular weight excluding hydrogens is 134 g/mol. The van der Waals surface area contributed by atoms with Crippen molar-refractivity contribution in [3.63, 3.8) is 0 Å². The van der Waals surface area contributed by atoms with Gasteiger partial charge in [0.05, 0.1) is 0 Å². The van der Waals surface area contributed by atoms with Crippen LogP contribution in [0.2, 0.25) is 0 Å². The number of nitrogens with two attached hydrogens (primary N) is 1. The molecule has 1 aliphatic rings. The van der Waals surface area contributed by atoms with Crippen molar-refractivity contribution in [1.29, 1.82) is 0 Å². The van der Waals surface area contributed by atoms with Crippen molar-refractivity contribution in [3.05, 3.63) is 0 Å². The van der Waals surface area contributed by atoms with E-state index in [1.807, 2.05) is 0 Å². The summed E-state index contributed by atoms with van der Waals surface area (Å²) in [5.74, 6) is 1.60. The van der Waals surface area contributed by atoms with Gasteiger partial charge < -0.3 is 5.73 Å². The van der Waals surface area contributed by atoms with E-state index in [0.29, 0.717) is 5.92 Å². The highest BCUT2D eigenvalue weighted by molar-refractivity contribution is 4.90. The lowest BCUT2D eigenvalue weighted by Crippen LogP contribution is -2.47. The Kier molecular flexibility index (Phi) is 2.58. The second-order valence-corrected chi connectivity index (χ2v) is 4.46. The van der Waals surface area contributed by atoms with Gasteiger partial charge in [0.25, 0.3) is 0 Å². The van der Waals surface area contributed by atoms with Gasteiger partial charge in [-0.25, -0.2) is 0 Å². The van der Waals surface area contributed by atoms with Crippen LogP contribution in [0.1, 0.15) is 46.5 Å². The molecule has 1 fully saturated rings. The Morgan fingerprint density at radius 1 is 1.45 bits per heavy atom. The van der Waals surface area contributed by atoms with E-state index in [2.05, 4.69) is 20.8 Å². The van der Waals surface area contributed by atoms with Crippen LogP contribution in [-0.4, -0.2) is 5.54 Å². The molecule has 0 saturated heterocycles. The molecule has 0 bridgehead atoms. The second kappa shape index (κ2) is 3.14. The molecule has 0 aromatic rings. The van der Waals surface area contributed by atoms with Crippen molar-refractivity contribution in [1.82, 2.24) is 0 Å². The van der Waals surface area contributed by atoms with Gasteiger partial charge in [0.2, 0.25) is 0 Å². The fourth-order valence-corrected chi connectivity index (χ4v) is 2.09. The van der Waals surface area contributed by atoms with Gasteiger partial charge >= 0.3 is 0 Å². The zero-order valence-corrected chi connectivity index (χ0v) is 8.06. The Balaban J connectivity index is 2.52. The third-order valence-corrected chi connectivity index (χ3v) is 3.44. The first-order chi connectivity index (χ1) is 5.06. The summed E-state index contributed by atoms with van der Waals surface area (Å²) < 4.78 is 0. The molecule has 3 atom stereocenters. The van der Waals surface area contributed by atoms with Gasteiger partial charge in [0, 0.05) is 5.54 Å². The lowest BCUT2D eigenvalue weighted by atomic mass is 9.70. The summed E-state index contributed by atoms with van der Waals surface area (Å²) in [4.78, 5) is 0. The highest BCUT2D eigenvalue weighted by Gasteiger charge is 2.33. The summed E-state index contributed by atoms with van der Waals surface area (Å²) in [7, 11) is 0. The molecule has 11 heavy (non-hydrogen) atoms. The van der Waals surface area contributed by atoms with E-state index in [1.165, 1.54) is 25.7 Å². The third-order valence-electron chi connectivity index (χ3n) is 3.44. The Morgan fingerprint density at radius 2 is 2.09 bits per heavy atom. The molecule has 1 rings (SSSR count). The molecule has 0 aromatic heterocycles. The molecule has 0 heterocycles. The summed E-state index contributed by atoms with van der Waals surface area (Å²) in [5, 5.41) is 0. The Hall–Kier alpha value is -0.0400. The fraction of sp³-hybridized carbons (Fsp3) is 1.00. The van der Waals surface area contributed by atoms with Gasteiger partial charge in [-0.05, 0) is 31.6 Å². The van der Waals surface area contributed by atoms with Gasteiger partial charge in [-0.3, -0.25) is 0 Å². The topological polar surface area (TPSA) is 26.0 Å². The Labute approximate surface area is 70.4 Å². The highest BCUT2D eigenvalue weighted by atomic mass is 14.7. The first kappa shape index (κ1) is 9.05. The summed E-state index contributed by atoms with van der Waals surface area (Å²) in [6, 6.07) is 0. The molecule has 2 N–H and O–H groups in total. The van der Waals surface area contributed by atoms with Gasteiger partial charge in [-0.1, -0.05) is 26.7 Å². The normalized spacial score (nSPS) is 45.8.